The van der Waals surface area contributed by atoms with E-state index in [0.29, 0.717) is 18.0 Å². The Bertz CT molecular complexity index is 767. The maximum absolute atomic E-state index is 14.2. The van der Waals surface area contributed by atoms with Gasteiger partial charge in [0.1, 0.15) is 17.2 Å². The van der Waals surface area contributed by atoms with Crippen LogP contribution >= 0.6 is 11.6 Å². The maximum atomic E-state index is 14.2. The third kappa shape index (κ3) is 2.16. The third-order valence-electron chi connectivity index (χ3n) is 3.19. The summed E-state index contributed by atoms with van der Waals surface area (Å²) >= 11 is 5.83. The van der Waals surface area contributed by atoms with Gasteiger partial charge in [0.05, 0.1) is 17.4 Å². The molecule has 2 aromatic heterocycles. The Labute approximate surface area is 121 Å². The predicted octanol–water partition coefficient (Wildman–Crippen LogP) is 3.65. The summed E-state index contributed by atoms with van der Waals surface area (Å²) in [5.74, 6) is 0.902. The quantitative estimate of drug-likeness (QED) is 0.689. The number of benzene rings is 1. The molecule has 3 nitrogen and oxygen atoms in total. The van der Waals surface area contributed by atoms with Crippen LogP contribution in [0.1, 0.15) is 11.4 Å². The van der Waals surface area contributed by atoms with Crippen LogP contribution in [0.3, 0.4) is 0 Å². The minimum atomic E-state index is -0.275. The van der Waals surface area contributed by atoms with E-state index >= 15 is 0 Å². The number of rotatable bonds is 3. The molecule has 0 saturated carbocycles. The van der Waals surface area contributed by atoms with Gasteiger partial charge in [-0.05, 0) is 30.7 Å². The first-order chi connectivity index (χ1) is 9.70. The van der Waals surface area contributed by atoms with E-state index in [2.05, 4.69) is 9.97 Å². The highest BCUT2D eigenvalue weighted by Gasteiger charge is 2.15. The first-order valence-corrected chi connectivity index (χ1v) is 6.88. The molecule has 0 aliphatic rings. The molecular weight excluding hydrogens is 277 g/mol. The second-order valence-electron chi connectivity index (χ2n) is 4.62. The Kier molecular flexibility index (Phi) is 3.40. The molecule has 0 amide bonds. The van der Waals surface area contributed by atoms with Crippen LogP contribution in [0.15, 0.2) is 36.7 Å². The number of fused-ring (bicyclic) bond motifs is 1. The normalized spacial score (nSPS) is 11.2. The van der Waals surface area contributed by atoms with Crippen LogP contribution in [0.4, 0.5) is 4.39 Å². The van der Waals surface area contributed by atoms with Crippen molar-refractivity contribution in [3.8, 4) is 5.69 Å². The van der Waals surface area contributed by atoms with Crippen molar-refractivity contribution in [1.29, 1.82) is 0 Å². The molecule has 20 heavy (non-hydrogen) atoms. The number of nitrogens with zero attached hydrogens (tertiary/aromatic N) is 3. The van der Waals surface area contributed by atoms with Gasteiger partial charge in [-0.25, -0.2) is 9.37 Å². The fraction of sp³-hybridized carbons (Fsp3) is 0.200. The van der Waals surface area contributed by atoms with Crippen molar-refractivity contribution in [3.63, 3.8) is 0 Å². The molecule has 0 saturated heterocycles. The van der Waals surface area contributed by atoms with E-state index in [0.717, 1.165) is 22.4 Å². The average Bonchev–Trinajstić information content (AvgIpc) is 2.80. The van der Waals surface area contributed by atoms with E-state index in [1.807, 2.05) is 23.6 Å². The fourth-order valence-electron chi connectivity index (χ4n) is 2.30. The zero-order valence-corrected chi connectivity index (χ0v) is 11.7. The van der Waals surface area contributed by atoms with Gasteiger partial charge < -0.3 is 0 Å². The molecule has 0 aliphatic heterocycles. The molecule has 0 spiro atoms. The zero-order chi connectivity index (χ0) is 14.1. The molecule has 0 bridgehead atoms. The lowest BCUT2D eigenvalue weighted by atomic mass is 10.2. The van der Waals surface area contributed by atoms with Gasteiger partial charge in [0.15, 0.2) is 0 Å². The number of hydrogen-bond donors (Lipinski definition) is 0. The predicted molar refractivity (Wildman–Crippen MR) is 78.0 cm³/mol. The standard InChI is InChI=1S/C15H13ClFN3/c1-10-2-3-11(17)14(8-10)20-13-5-7-18-9-12(13)19-15(20)4-6-16/h2-3,5,7-9H,4,6H2,1H3. The second kappa shape index (κ2) is 5.21. The van der Waals surface area contributed by atoms with Gasteiger partial charge in [-0.15, -0.1) is 11.6 Å². The number of pyridine rings is 1. The largest absolute Gasteiger partial charge is 0.293 e. The topological polar surface area (TPSA) is 30.7 Å². The summed E-state index contributed by atoms with van der Waals surface area (Å²) in [5, 5.41) is 0. The Morgan fingerprint density at radius 3 is 2.95 bits per heavy atom. The number of imidazole rings is 1. The summed E-state index contributed by atoms with van der Waals surface area (Å²) in [6.45, 7) is 1.94. The summed E-state index contributed by atoms with van der Waals surface area (Å²) in [5.41, 5.74) is 3.08. The lowest BCUT2D eigenvalue weighted by Gasteiger charge is -2.10. The van der Waals surface area contributed by atoms with Crippen molar-refractivity contribution >= 4 is 22.6 Å². The highest BCUT2D eigenvalue weighted by Crippen LogP contribution is 2.24. The monoisotopic (exact) mass is 289 g/mol. The third-order valence-corrected chi connectivity index (χ3v) is 3.38. The molecule has 0 radical (unpaired) electrons. The summed E-state index contributed by atoms with van der Waals surface area (Å²) < 4.78 is 16.0. The van der Waals surface area contributed by atoms with Gasteiger partial charge in [-0.2, -0.15) is 0 Å². The van der Waals surface area contributed by atoms with Crippen LogP contribution < -0.4 is 0 Å². The van der Waals surface area contributed by atoms with Gasteiger partial charge in [0, 0.05) is 18.5 Å². The lowest BCUT2D eigenvalue weighted by Crippen LogP contribution is -2.04. The molecule has 0 N–H and O–H groups in total. The highest BCUT2D eigenvalue weighted by molar-refractivity contribution is 6.17. The van der Waals surface area contributed by atoms with E-state index < -0.39 is 0 Å². The Morgan fingerprint density at radius 2 is 2.15 bits per heavy atom. The molecule has 2 heterocycles. The van der Waals surface area contributed by atoms with Gasteiger partial charge in [0.2, 0.25) is 0 Å². The molecular formula is C15H13ClFN3. The SMILES string of the molecule is Cc1ccc(F)c(-n2c(CCCl)nc3cnccc32)c1. The van der Waals surface area contributed by atoms with Gasteiger partial charge in [0.25, 0.3) is 0 Å². The molecule has 0 atom stereocenters. The fourth-order valence-corrected chi connectivity index (χ4v) is 2.47. The van der Waals surface area contributed by atoms with Gasteiger partial charge >= 0.3 is 0 Å². The zero-order valence-electron chi connectivity index (χ0n) is 11.0. The van der Waals surface area contributed by atoms with E-state index in [9.17, 15) is 4.39 Å². The molecule has 0 unspecified atom stereocenters. The number of aryl methyl sites for hydroxylation is 2. The van der Waals surface area contributed by atoms with Crippen LogP contribution in [0.2, 0.25) is 0 Å². The Morgan fingerprint density at radius 1 is 1.30 bits per heavy atom. The van der Waals surface area contributed by atoms with Crippen molar-refractivity contribution in [3.05, 3.63) is 53.9 Å². The van der Waals surface area contributed by atoms with Crippen molar-refractivity contribution in [1.82, 2.24) is 14.5 Å². The van der Waals surface area contributed by atoms with E-state index in [-0.39, 0.29) is 5.82 Å². The van der Waals surface area contributed by atoms with Gasteiger partial charge in [-0.1, -0.05) is 6.07 Å². The van der Waals surface area contributed by atoms with E-state index in [1.54, 1.807) is 18.5 Å². The molecule has 0 aliphatic carbocycles. The lowest BCUT2D eigenvalue weighted by molar-refractivity contribution is 0.616. The summed E-state index contributed by atoms with van der Waals surface area (Å²) in [4.78, 5) is 8.56. The first kappa shape index (κ1) is 13.1. The molecule has 5 heteroatoms. The van der Waals surface area contributed by atoms with E-state index in [4.69, 9.17) is 11.6 Å². The Balaban J connectivity index is 2.33. The molecule has 0 fully saturated rings. The molecule has 1 aromatic carbocycles. The maximum Gasteiger partial charge on any atom is 0.147 e. The second-order valence-corrected chi connectivity index (χ2v) is 5.00. The van der Waals surface area contributed by atoms with Crippen LogP contribution in [-0.2, 0) is 6.42 Å². The minimum Gasteiger partial charge on any atom is -0.293 e. The van der Waals surface area contributed by atoms with Crippen molar-refractivity contribution in [2.24, 2.45) is 0 Å². The summed E-state index contributed by atoms with van der Waals surface area (Å²) in [6.07, 6.45) is 3.93. The Hall–Kier alpha value is -1.94. The van der Waals surface area contributed by atoms with Crippen molar-refractivity contribution in [2.45, 2.75) is 13.3 Å². The van der Waals surface area contributed by atoms with Crippen LogP contribution in [0.25, 0.3) is 16.7 Å². The number of hydrogen-bond acceptors (Lipinski definition) is 2. The average molecular weight is 290 g/mol. The van der Waals surface area contributed by atoms with Crippen LogP contribution in [0.5, 0.6) is 0 Å². The summed E-state index contributed by atoms with van der Waals surface area (Å²) in [6, 6.07) is 6.87. The van der Waals surface area contributed by atoms with Crippen LogP contribution in [-0.4, -0.2) is 20.4 Å². The van der Waals surface area contributed by atoms with Crippen molar-refractivity contribution < 1.29 is 4.39 Å². The number of aromatic nitrogens is 3. The summed E-state index contributed by atoms with van der Waals surface area (Å²) in [7, 11) is 0. The molecule has 102 valence electrons. The highest BCUT2D eigenvalue weighted by atomic mass is 35.5. The molecule has 3 rings (SSSR count). The van der Waals surface area contributed by atoms with Gasteiger partial charge in [-0.3, -0.25) is 9.55 Å². The minimum absolute atomic E-state index is 0.275. The smallest absolute Gasteiger partial charge is 0.147 e. The number of alkyl halides is 1. The first-order valence-electron chi connectivity index (χ1n) is 6.34. The number of halogens is 2. The van der Waals surface area contributed by atoms with Crippen molar-refractivity contribution in [2.75, 3.05) is 5.88 Å². The van der Waals surface area contributed by atoms with E-state index in [1.165, 1.54) is 6.07 Å². The van der Waals surface area contributed by atoms with Crippen LogP contribution in [0, 0.1) is 12.7 Å². The molecule has 3 aromatic rings.